The molecule has 7 heteroatoms. The standard InChI is InChI=1S/C27H39N3O4/c1-3-11-20-14-15-21-23(22(20)25(32)28-2)27(34)30(16-9-4-5-10-17-31)24(21)26(33)29-18-19-12-7-6-8-13-19/h6-8,12-15,20-24,31H,3-5,9-11,16-18H2,1-2H3,(H,28,32)(H,29,33)/t20-,21+,22-,23-,24+/m1/s1. The third kappa shape index (κ3) is 5.87. The van der Waals surface area contributed by atoms with Crippen LogP contribution in [-0.2, 0) is 20.9 Å². The first kappa shape index (κ1) is 25.9. The average molecular weight is 470 g/mol. The summed E-state index contributed by atoms with van der Waals surface area (Å²) in [5, 5.41) is 14.8. The number of fused-ring (bicyclic) bond motifs is 1. The van der Waals surface area contributed by atoms with E-state index in [-0.39, 0.29) is 36.2 Å². The molecular formula is C27H39N3O4. The van der Waals surface area contributed by atoms with Crippen molar-refractivity contribution in [3.05, 3.63) is 48.0 Å². The van der Waals surface area contributed by atoms with Crippen LogP contribution < -0.4 is 10.6 Å². The fourth-order valence-electron chi connectivity index (χ4n) is 5.51. The van der Waals surface area contributed by atoms with E-state index < -0.39 is 17.9 Å². The predicted molar refractivity (Wildman–Crippen MR) is 131 cm³/mol. The van der Waals surface area contributed by atoms with Crippen LogP contribution in [0.4, 0.5) is 0 Å². The molecule has 1 heterocycles. The summed E-state index contributed by atoms with van der Waals surface area (Å²) in [6.07, 6.45) is 9.09. The van der Waals surface area contributed by atoms with Crippen LogP contribution in [-0.4, -0.2) is 54.0 Å². The van der Waals surface area contributed by atoms with E-state index in [1.807, 2.05) is 36.4 Å². The van der Waals surface area contributed by atoms with Gasteiger partial charge >= 0.3 is 0 Å². The lowest BCUT2D eigenvalue weighted by Gasteiger charge is -2.34. The number of amides is 3. The Bertz CT molecular complexity index is 857. The van der Waals surface area contributed by atoms with Gasteiger partial charge in [-0.2, -0.15) is 0 Å². The second-order valence-corrected chi connectivity index (χ2v) is 9.40. The molecule has 0 saturated carbocycles. The molecule has 0 aromatic heterocycles. The highest BCUT2D eigenvalue weighted by Gasteiger charge is 2.56. The number of rotatable bonds is 12. The number of likely N-dealkylation sites (tertiary alicyclic amines) is 1. The summed E-state index contributed by atoms with van der Waals surface area (Å²) in [7, 11) is 1.61. The van der Waals surface area contributed by atoms with Crippen LogP contribution in [0.15, 0.2) is 42.5 Å². The molecule has 1 aromatic rings. The molecule has 34 heavy (non-hydrogen) atoms. The zero-order valence-electron chi connectivity index (χ0n) is 20.4. The molecule has 2 aliphatic rings. The van der Waals surface area contributed by atoms with Crippen LogP contribution in [0.5, 0.6) is 0 Å². The molecule has 3 rings (SSSR count). The molecule has 7 nitrogen and oxygen atoms in total. The summed E-state index contributed by atoms with van der Waals surface area (Å²) in [6.45, 7) is 3.12. The number of allylic oxidation sites excluding steroid dienone is 1. The minimum Gasteiger partial charge on any atom is -0.396 e. The van der Waals surface area contributed by atoms with Crippen LogP contribution in [0, 0.1) is 23.7 Å². The van der Waals surface area contributed by atoms with E-state index in [1.165, 1.54) is 0 Å². The van der Waals surface area contributed by atoms with Crippen molar-refractivity contribution in [1.82, 2.24) is 15.5 Å². The SMILES string of the molecule is CCC[C@@H]1C=C[C@H]2[C@@H](C(=O)N(CCCCCCO)[C@@H]2C(=O)NCc2ccccc2)[C@@H]1C(=O)NC. The van der Waals surface area contributed by atoms with Crippen LogP contribution in [0.2, 0.25) is 0 Å². The molecule has 5 atom stereocenters. The van der Waals surface area contributed by atoms with Gasteiger partial charge in [-0.3, -0.25) is 14.4 Å². The number of nitrogens with zero attached hydrogens (tertiary/aromatic N) is 1. The number of nitrogens with one attached hydrogen (secondary N) is 2. The Balaban J connectivity index is 1.84. The highest BCUT2D eigenvalue weighted by Crippen LogP contribution is 2.45. The van der Waals surface area contributed by atoms with Crippen LogP contribution in [0.25, 0.3) is 0 Å². The van der Waals surface area contributed by atoms with Gasteiger partial charge in [0.1, 0.15) is 6.04 Å². The molecule has 1 saturated heterocycles. The molecule has 186 valence electrons. The van der Waals surface area contributed by atoms with Gasteiger partial charge in [0.2, 0.25) is 17.7 Å². The normalized spacial score (nSPS) is 25.8. The van der Waals surface area contributed by atoms with E-state index in [4.69, 9.17) is 5.11 Å². The fraction of sp³-hybridized carbons (Fsp3) is 0.593. The van der Waals surface area contributed by atoms with Gasteiger partial charge in [0.25, 0.3) is 0 Å². The molecule has 1 aromatic carbocycles. The Morgan fingerprint density at radius 1 is 1.03 bits per heavy atom. The summed E-state index contributed by atoms with van der Waals surface area (Å²) in [5.74, 6) is -1.70. The number of carbonyl (C=O) groups is 3. The van der Waals surface area contributed by atoms with Crippen molar-refractivity contribution in [3.8, 4) is 0 Å². The van der Waals surface area contributed by atoms with Crippen molar-refractivity contribution in [3.63, 3.8) is 0 Å². The number of carbonyl (C=O) groups excluding carboxylic acids is 3. The van der Waals surface area contributed by atoms with Crippen molar-refractivity contribution < 1.29 is 19.5 Å². The maximum atomic E-state index is 13.7. The van der Waals surface area contributed by atoms with E-state index in [9.17, 15) is 14.4 Å². The van der Waals surface area contributed by atoms with E-state index in [0.29, 0.717) is 13.1 Å². The molecule has 3 amide bonds. The lowest BCUT2D eigenvalue weighted by Crippen LogP contribution is -2.47. The summed E-state index contributed by atoms with van der Waals surface area (Å²) in [6, 6.07) is 9.09. The summed E-state index contributed by atoms with van der Waals surface area (Å²) < 4.78 is 0. The van der Waals surface area contributed by atoms with Gasteiger partial charge in [0.15, 0.2) is 0 Å². The van der Waals surface area contributed by atoms with Crippen molar-refractivity contribution >= 4 is 17.7 Å². The minimum absolute atomic E-state index is 0.00677. The molecule has 0 spiro atoms. The lowest BCUT2D eigenvalue weighted by molar-refractivity contribution is -0.140. The smallest absolute Gasteiger partial charge is 0.243 e. The number of hydrogen-bond donors (Lipinski definition) is 3. The van der Waals surface area contributed by atoms with E-state index >= 15 is 0 Å². The first-order valence-electron chi connectivity index (χ1n) is 12.7. The second-order valence-electron chi connectivity index (χ2n) is 9.40. The van der Waals surface area contributed by atoms with Gasteiger partial charge in [-0.15, -0.1) is 0 Å². The first-order chi connectivity index (χ1) is 16.5. The Morgan fingerprint density at radius 3 is 2.44 bits per heavy atom. The fourth-order valence-corrected chi connectivity index (χ4v) is 5.51. The average Bonchev–Trinajstić information content (AvgIpc) is 3.14. The topological polar surface area (TPSA) is 98.7 Å². The van der Waals surface area contributed by atoms with E-state index in [2.05, 4.69) is 23.6 Å². The summed E-state index contributed by atoms with van der Waals surface area (Å²) in [5.41, 5.74) is 0.998. The van der Waals surface area contributed by atoms with Crippen LogP contribution in [0.1, 0.15) is 51.0 Å². The van der Waals surface area contributed by atoms with Crippen LogP contribution in [0.3, 0.4) is 0 Å². The molecular weight excluding hydrogens is 430 g/mol. The molecule has 1 aliphatic carbocycles. The van der Waals surface area contributed by atoms with Crippen molar-refractivity contribution in [1.29, 1.82) is 0 Å². The second kappa shape index (κ2) is 12.7. The van der Waals surface area contributed by atoms with Gasteiger partial charge < -0.3 is 20.6 Å². The minimum atomic E-state index is -0.620. The maximum absolute atomic E-state index is 13.7. The van der Waals surface area contributed by atoms with Gasteiger partial charge in [-0.1, -0.05) is 68.7 Å². The van der Waals surface area contributed by atoms with Gasteiger partial charge in [0.05, 0.1) is 11.8 Å². The molecule has 0 unspecified atom stereocenters. The van der Waals surface area contributed by atoms with Crippen molar-refractivity contribution in [2.75, 3.05) is 20.2 Å². The Morgan fingerprint density at radius 2 is 1.76 bits per heavy atom. The monoisotopic (exact) mass is 469 g/mol. The van der Waals surface area contributed by atoms with Gasteiger partial charge in [-0.25, -0.2) is 0 Å². The zero-order chi connectivity index (χ0) is 24.5. The largest absolute Gasteiger partial charge is 0.396 e. The highest BCUT2D eigenvalue weighted by atomic mass is 16.3. The third-order valence-corrected chi connectivity index (χ3v) is 7.17. The molecule has 1 aliphatic heterocycles. The maximum Gasteiger partial charge on any atom is 0.243 e. The van der Waals surface area contributed by atoms with E-state index in [0.717, 1.165) is 44.1 Å². The number of hydrogen-bond acceptors (Lipinski definition) is 4. The quantitative estimate of drug-likeness (QED) is 0.324. The Kier molecular flexibility index (Phi) is 9.69. The van der Waals surface area contributed by atoms with Crippen molar-refractivity contribution in [2.24, 2.45) is 23.7 Å². The predicted octanol–water partition coefficient (Wildman–Crippen LogP) is 2.65. The van der Waals surface area contributed by atoms with Gasteiger partial charge in [0, 0.05) is 32.7 Å². The molecule has 0 radical (unpaired) electrons. The number of aliphatic hydroxyl groups is 1. The molecule has 3 N–H and O–H groups in total. The molecule has 1 fully saturated rings. The van der Waals surface area contributed by atoms with Crippen LogP contribution >= 0.6 is 0 Å². The number of aliphatic hydroxyl groups excluding tert-OH is 1. The third-order valence-electron chi connectivity index (χ3n) is 7.17. The summed E-state index contributed by atoms with van der Waals surface area (Å²) >= 11 is 0. The summed E-state index contributed by atoms with van der Waals surface area (Å²) in [4.78, 5) is 41.8. The van der Waals surface area contributed by atoms with Crippen molar-refractivity contribution in [2.45, 2.75) is 58.0 Å². The Hall–Kier alpha value is -2.67. The molecule has 0 bridgehead atoms. The lowest BCUT2D eigenvalue weighted by atomic mass is 9.68. The number of unbranched alkanes of at least 4 members (excludes halogenated alkanes) is 3. The Labute approximate surface area is 203 Å². The van der Waals surface area contributed by atoms with Gasteiger partial charge in [-0.05, 0) is 30.7 Å². The zero-order valence-corrected chi connectivity index (χ0v) is 20.4. The first-order valence-corrected chi connectivity index (χ1v) is 12.7. The number of benzene rings is 1. The highest BCUT2D eigenvalue weighted by molar-refractivity contribution is 5.96. The van der Waals surface area contributed by atoms with E-state index in [1.54, 1.807) is 11.9 Å².